The number of nitrogens with zero attached hydrogens (tertiary/aromatic N) is 1. The van der Waals surface area contributed by atoms with Gasteiger partial charge in [-0.3, -0.25) is 0 Å². The van der Waals surface area contributed by atoms with Crippen LogP contribution in [0.4, 0.5) is 0 Å². The SMILES string of the molecule is C=C(C(=N/C(=C(\C)c1ccccc1)c1ccccc1)c1ccccc1)c1cccc(/C(=C/Cc2ccccc2)c2ccccc2)c1. The van der Waals surface area contributed by atoms with E-state index >= 15 is 0 Å². The highest BCUT2D eigenvalue weighted by Gasteiger charge is 2.16. The van der Waals surface area contributed by atoms with Gasteiger partial charge >= 0.3 is 0 Å². The third kappa shape index (κ3) is 7.29. The van der Waals surface area contributed by atoms with Crippen LogP contribution in [0.3, 0.4) is 0 Å². The molecular weight excluding hydrogens is 555 g/mol. The first-order valence-electron chi connectivity index (χ1n) is 15.7. The van der Waals surface area contributed by atoms with Crippen LogP contribution in [-0.4, -0.2) is 5.71 Å². The van der Waals surface area contributed by atoms with Gasteiger partial charge in [-0.2, -0.15) is 0 Å². The average molecular weight is 592 g/mol. The predicted octanol–water partition coefficient (Wildman–Crippen LogP) is 11.5. The summed E-state index contributed by atoms with van der Waals surface area (Å²) in [6.07, 6.45) is 3.18. The second-order valence-corrected chi connectivity index (χ2v) is 11.3. The third-order valence-corrected chi connectivity index (χ3v) is 8.16. The first kappa shape index (κ1) is 30.2. The van der Waals surface area contributed by atoms with Crippen LogP contribution < -0.4 is 0 Å². The molecule has 0 saturated heterocycles. The van der Waals surface area contributed by atoms with Gasteiger partial charge in [0.2, 0.25) is 0 Å². The molecule has 0 radical (unpaired) electrons. The monoisotopic (exact) mass is 591 g/mol. The van der Waals surface area contributed by atoms with E-state index in [-0.39, 0.29) is 0 Å². The lowest BCUT2D eigenvalue weighted by molar-refractivity contribution is 1.27. The van der Waals surface area contributed by atoms with Crippen molar-refractivity contribution in [2.75, 3.05) is 0 Å². The minimum Gasteiger partial charge on any atom is -0.247 e. The zero-order chi connectivity index (χ0) is 31.6. The number of hydrogen-bond donors (Lipinski definition) is 0. The Kier molecular flexibility index (Phi) is 9.73. The number of aliphatic imine (C=N–C) groups is 1. The van der Waals surface area contributed by atoms with Crippen molar-refractivity contribution >= 4 is 28.1 Å². The second-order valence-electron chi connectivity index (χ2n) is 11.3. The highest BCUT2D eigenvalue weighted by molar-refractivity contribution is 6.32. The molecule has 1 nitrogen and oxygen atoms in total. The van der Waals surface area contributed by atoms with E-state index in [0.29, 0.717) is 0 Å². The van der Waals surface area contributed by atoms with E-state index in [1.165, 1.54) is 16.7 Å². The normalized spacial score (nSPS) is 12.4. The molecule has 0 fully saturated rings. The largest absolute Gasteiger partial charge is 0.247 e. The molecule has 46 heavy (non-hydrogen) atoms. The fourth-order valence-corrected chi connectivity index (χ4v) is 5.67. The van der Waals surface area contributed by atoms with Crippen LogP contribution in [0, 0.1) is 0 Å². The van der Waals surface area contributed by atoms with Crippen molar-refractivity contribution in [2.24, 2.45) is 4.99 Å². The summed E-state index contributed by atoms with van der Waals surface area (Å²) in [7, 11) is 0. The van der Waals surface area contributed by atoms with Crippen molar-refractivity contribution in [3.8, 4) is 0 Å². The lowest BCUT2D eigenvalue weighted by Gasteiger charge is -2.16. The Morgan fingerprint density at radius 3 is 1.54 bits per heavy atom. The molecule has 0 spiro atoms. The number of rotatable bonds is 10. The van der Waals surface area contributed by atoms with Crippen LogP contribution in [-0.2, 0) is 6.42 Å². The first-order chi connectivity index (χ1) is 22.7. The van der Waals surface area contributed by atoms with Gasteiger partial charge in [-0.25, -0.2) is 4.99 Å². The minimum absolute atomic E-state index is 0.844. The highest BCUT2D eigenvalue weighted by atomic mass is 14.8. The molecule has 6 rings (SSSR count). The molecule has 1 heteroatoms. The summed E-state index contributed by atoms with van der Waals surface area (Å²) in [5.74, 6) is 0. The zero-order valence-corrected chi connectivity index (χ0v) is 26.2. The van der Waals surface area contributed by atoms with Crippen LogP contribution in [0.2, 0.25) is 0 Å². The van der Waals surface area contributed by atoms with Gasteiger partial charge in [0.15, 0.2) is 0 Å². The molecule has 6 aromatic carbocycles. The van der Waals surface area contributed by atoms with E-state index in [4.69, 9.17) is 4.99 Å². The third-order valence-electron chi connectivity index (χ3n) is 8.16. The van der Waals surface area contributed by atoms with E-state index in [9.17, 15) is 0 Å². The van der Waals surface area contributed by atoms with Crippen molar-refractivity contribution in [1.29, 1.82) is 0 Å². The van der Waals surface area contributed by atoms with Crippen molar-refractivity contribution in [2.45, 2.75) is 13.3 Å². The molecule has 0 atom stereocenters. The van der Waals surface area contributed by atoms with Crippen LogP contribution >= 0.6 is 0 Å². The Labute approximate surface area is 273 Å². The summed E-state index contributed by atoms with van der Waals surface area (Å²) < 4.78 is 0. The molecular formula is C45H37N. The molecule has 0 unspecified atom stereocenters. The molecule has 0 aliphatic carbocycles. The van der Waals surface area contributed by atoms with Crippen LogP contribution in [0.25, 0.3) is 22.4 Å². The second kappa shape index (κ2) is 14.8. The maximum absolute atomic E-state index is 5.46. The maximum atomic E-state index is 5.46. The summed E-state index contributed by atoms with van der Waals surface area (Å²) in [6, 6.07) is 61.2. The topological polar surface area (TPSA) is 12.4 Å². The molecule has 0 aromatic heterocycles. The van der Waals surface area contributed by atoms with Crippen molar-refractivity contribution in [3.63, 3.8) is 0 Å². The summed E-state index contributed by atoms with van der Waals surface area (Å²) in [4.78, 5) is 5.46. The van der Waals surface area contributed by atoms with E-state index in [1.54, 1.807) is 0 Å². The lowest BCUT2D eigenvalue weighted by Crippen LogP contribution is -2.05. The Bertz CT molecular complexity index is 1980. The molecule has 0 aliphatic rings. The molecule has 0 amide bonds. The number of allylic oxidation sites excluding steroid dienone is 3. The Balaban J connectivity index is 1.47. The zero-order valence-electron chi connectivity index (χ0n) is 26.2. The first-order valence-corrected chi connectivity index (χ1v) is 15.7. The Morgan fingerprint density at radius 1 is 0.500 bits per heavy atom. The van der Waals surface area contributed by atoms with Crippen molar-refractivity contribution in [3.05, 3.63) is 228 Å². The number of benzene rings is 6. The van der Waals surface area contributed by atoms with Crippen LogP contribution in [0.15, 0.2) is 194 Å². The number of hydrogen-bond acceptors (Lipinski definition) is 1. The lowest BCUT2D eigenvalue weighted by atomic mass is 9.91. The smallest absolute Gasteiger partial charge is 0.0781 e. The van der Waals surface area contributed by atoms with Gasteiger partial charge < -0.3 is 0 Å². The maximum Gasteiger partial charge on any atom is 0.0781 e. The fourth-order valence-electron chi connectivity index (χ4n) is 5.67. The van der Waals surface area contributed by atoms with Crippen LogP contribution in [0.5, 0.6) is 0 Å². The molecule has 6 aromatic rings. The fraction of sp³-hybridized carbons (Fsp3) is 0.0444. The summed E-state index contributed by atoms with van der Waals surface area (Å²) in [5, 5.41) is 0. The standard InChI is InChI=1S/C45H37N/c1-34(37-21-10-4-11-22-37)44(39-25-14-6-15-26-39)46-45(40-27-16-7-17-28-40)35(2)41-29-18-30-42(33-41)43(38-23-12-5-13-24-38)32-31-36-19-8-3-9-20-36/h3-30,32-33H,2,31H2,1H3/b43-32+,44-34+,46-45?. The van der Waals surface area contributed by atoms with Crippen LogP contribution in [0.1, 0.15) is 45.9 Å². The highest BCUT2D eigenvalue weighted by Crippen LogP contribution is 2.32. The summed E-state index contributed by atoms with van der Waals surface area (Å²) in [5.41, 5.74) is 12.8. The van der Waals surface area contributed by atoms with Gasteiger partial charge in [0, 0.05) is 16.7 Å². The van der Waals surface area contributed by atoms with E-state index in [1.807, 2.05) is 18.2 Å². The van der Waals surface area contributed by atoms with E-state index in [0.717, 1.165) is 56.8 Å². The van der Waals surface area contributed by atoms with Gasteiger partial charge in [-0.1, -0.05) is 183 Å². The van der Waals surface area contributed by atoms with Gasteiger partial charge in [-0.05, 0) is 58.4 Å². The van der Waals surface area contributed by atoms with E-state index in [2.05, 4.69) is 177 Å². The predicted molar refractivity (Wildman–Crippen MR) is 197 cm³/mol. The quantitative estimate of drug-likeness (QED) is 0.111. The van der Waals surface area contributed by atoms with Crippen molar-refractivity contribution < 1.29 is 0 Å². The Hall–Kier alpha value is -5.79. The molecule has 0 heterocycles. The average Bonchev–Trinajstić information content (AvgIpc) is 3.14. The molecule has 0 aliphatic heterocycles. The van der Waals surface area contributed by atoms with Gasteiger partial charge in [-0.15, -0.1) is 0 Å². The van der Waals surface area contributed by atoms with Gasteiger partial charge in [0.05, 0.1) is 11.4 Å². The van der Waals surface area contributed by atoms with Crippen molar-refractivity contribution in [1.82, 2.24) is 0 Å². The summed E-state index contributed by atoms with van der Waals surface area (Å²) >= 11 is 0. The van der Waals surface area contributed by atoms with E-state index < -0.39 is 0 Å². The van der Waals surface area contributed by atoms with Gasteiger partial charge in [0.1, 0.15) is 0 Å². The summed E-state index contributed by atoms with van der Waals surface area (Å²) in [6.45, 7) is 6.82. The molecule has 222 valence electrons. The van der Waals surface area contributed by atoms with Gasteiger partial charge in [0.25, 0.3) is 0 Å². The molecule has 0 saturated carbocycles. The molecule has 0 bridgehead atoms. The minimum atomic E-state index is 0.844. The Morgan fingerprint density at radius 2 is 0.957 bits per heavy atom. The molecule has 0 N–H and O–H groups in total.